The molecule has 0 saturated heterocycles. The summed E-state index contributed by atoms with van der Waals surface area (Å²) in [7, 11) is 1.67. The number of nitrogens with one attached hydrogen (secondary N) is 1. The van der Waals surface area contributed by atoms with Crippen LogP contribution >= 0.6 is 0 Å². The first kappa shape index (κ1) is 17.6. The number of nitrogens with two attached hydrogens (primary N) is 2. The Hall–Kier alpha value is -2.80. The molecular weight excluding hydrogens is 340 g/mol. The summed E-state index contributed by atoms with van der Waals surface area (Å²) >= 11 is 0. The molecule has 0 aliphatic heterocycles. The molecule has 2 heterocycles. The lowest BCUT2D eigenvalue weighted by molar-refractivity contribution is 0.396. The summed E-state index contributed by atoms with van der Waals surface area (Å²) in [6.07, 6.45) is 7.66. The monoisotopic (exact) mass is 366 g/mol. The number of imidazole rings is 1. The lowest BCUT2D eigenvalue weighted by atomic mass is 9.81. The van der Waals surface area contributed by atoms with Crippen LogP contribution in [0.15, 0.2) is 36.7 Å². The van der Waals surface area contributed by atoms with Crippen molar-refractivity contribution in [2.45, 2.75) is 44.2 Å². The van der Waals surface area contributed by atoms with Gasteiger partial charge in [-0.05, 0) is 49.3 Å². The standard InChI is InChI=1S/C20H26N6O/c1-27-16-8-2-13(3-9-16)12-24-18-17(14-4-6-15(21)7-5-14)19(22)25-26-11-10-23-20(18)26/h2-3,8-11,14-15,24H,4-7,12,21H2,1H3,(H2,22,25)/t14-,15-. The number of aromatic nitrogens is 3. The summed E-state index contributed by atoms with van der Waals surface area (Å²) in [6.45, 7) is 0.676. The van der Waals surface area contributed by atoms with Crippen LogP contribution in [0.25, 0.3) is 5.65 Å². The molecule has 0 amide bonds. The minimum atomic E-state index is 0.293. The molecule has 3 aromatic rings. The van der Waals surface area contributed by atoms with E-state index in [0.717, 1.165) is 53.9 Å². The smallest absolute Gasteiger partial charge is 0.177 e. The van der Waals surface area contributed by atoms with Gasteiger partial charge >= 0.3 is 0 Å². The molecule has 7 nitrogen and oxygen atoms in total. The molecule has 142 valence electrons. The Bertz CT molecular complexity index is 912. The second-order valence-corrected chi connectivity index (χ2v) is 7.18. The number of nitrogen functional groups attached to an aromatic ring is 1. The van der Waals surface area contributed by atoms with Crippen LogP contribution in [0.1, 0.15) is 42.7 Å². The van der Waals surface area contributed by atoms with Crippen LogP contribution in [0, 0.1) is 0 Å². The van der Waals surface area contributed by atoms with Gasteiger partial charge in [0.05, 0.1) is 12.8 Å². The molecular formula is C20H26N6O. The molecule has 1 saturated carbocycles. The molecule has 0 spiro atoms. The second-order valence-electron chi connectivity index (χ2n) is 7.18. The van der Waals surface area contributed by atoms with Crippen LogP contribution in [0.5, 0.6) is 5.75 Å². The summed E-state index contributed by atoms with van der Waals surface area (Å²) in [5, 5.41) is 8.08. The molecule has 5 N–H and O–H groups in total. The van der Waals surface area contributed by atoms with E-state index >= 15 is 0 Å². The van der Waals surface area contributed by atoms with Crippen molar-refractivity contribution in [2.24, 2.45) is 5.73 Å². The summed E-state index contributed by atoms with van der Waals surface area (Å²) in [5.74, 6) is 1.78. The Kier molecular flexibility index (Phi) is 4.85. The minimum Gasteiger partial charge on any atom is -0.497 e. The number of methoxy groups -OCH3 is 1. The van der Waals surface area contributed by atoms with Crippen LogP contribution in [-0.2, 0) is 6.54 Å². The van der Waals surface area contributed by atoms with Crippen molar-refractivity contribution in [3.8, 4) is 5.75 Å². The Labute approximate surface area is 158 Å². The molecule has 7 heteroatoms. The van der Waals surface area contributed by atoms with Crippen molar-refractivity contribution in [2.75, 3.05) is 18.2 Å². The predicted molar refractivity (Wildman–Crippen MR) is 107 cm³/mol. The molecule has 0 atom stereocenters. The Morgan fingerprint density at radius 1 is 1.19 bits per heavy atom. The SMILES string of the molecule is COc1ccc(CNc2c3nccn3nc(N)c2[C@H]2CC[C@H](N)CC2)cc1. The topological polar surface area (TPSA) is 103 Å². The van der Waals surface area contributed by atoms with Gasteiger partial charge in [-0.2, -0.15) is 0 Å². The zero-order valence-corrected chi connectivity index (χ0v) is 15.6. The third kappa shape index (κ3) is 3.55. The molecule has 1 fully saturated rings. The summed E-state index contributed by atoms with van der Waals surface area (Å²) < 4.78 is 6.97. The van der Waals surface area contributed by atoms with Gasteiger partial charge in [0.15, 0.2) is 5.65 Å². The lowest BCUT2D eigenvalue weighted by Gasteiger charge is -2.28. The highest BCUT2D eigenvalue weighted by Gasteiger charge is 2.26. The summed E-state index contributed by atoms with van der Waals surface area (Å²) in [6, 6.07) is 8.33. The lowest BCUT2D eigenvalue weighted by Crippen LogP contribution is -2.26. The van der Waals surface area contributed by atoms with E-state index in [1.807, 2.05) is 18.3 Å². The first-order valence-corrected chi connectivity index (χ1v) is 9.41. The first-order valence-electron chi connectivity index (χ1n) is 9.41. The van der Waals surface area contributed by atoms with Gasteiger partial charge in [-0.3, -0.25) is 0 Å². The highest BCUT2D eigenvalue weighted by molar-refractivity contribution is 5.76. The number of benzene rings is 1. The fourth-order valence-electron chi connectivity index (χ4n) is 3.90. The molecule has 0 unspecified atom stereocenters. The van der Waals surface area contributed by atoms with E-state index < -0.39 is 0 Å². The Balaban J connectivity index is 1.66. The van der Waals surface area contributed by atoms with Crippen molar-refractivity contribution in [1.29, 1.82) is 0 Å². The highest BCUT2D eigenvalue weighted by atomic mass is 16.5. The van der Waals surface area contributed by atoms with Crippen LogP contribution < -0.4 is 21.5 Å². The molecule has 0 bridgehead atoms. The zero-order chi connectivity index (χ0) is 18.8. The van der Waals surface area contributed by atoms with Crippen LogP contribution in [-0.4, -0.2) is 27.7 Å². The molecule has 0 radical (unpaired) electrons. The van der Waals surface area contributed by atoms with Gasteiger partial charge in [-0.1, -0.05) is 12.1 Å². The van der Waals surface area contributed by atoms with Gasteiger partial charge < -0.3 is 21.5 Å². The van der Waals surface area contributed by atoms with Gasteiger partial charge in [-0.25, -0.2) is 9.50 Å². The van der Waals surface area contributed by atoms with Gasteiger partial charge in [0.2, 0.25) is 0 Å². The first-order chi connectivity index (χ1) is 13.2. The number of ether oxygens (including phenoxy) is 1. The van der Waals surface area contributed by atoms with Crippen molar-refractivity contribution in [3.05, 3.63) is 47.8 Å². The van der Waals surface area contributed by atoms with Crippen molar-refractivity contribution >= 4 is 17.2 Å². The largest absolute Gasteiger partial charge is 0.497 e. The highest BCUT2D eigenvalue weighted by Crippen LogP contribution is 2.40. The van der Waals surface area contributed by atoms with E-state index in [1.165, 1.54) is 0 Å². The predicted octanol–water partition coefficient (Wildman–Crippen LogP) is 2.92. The normalized spacial score (nSPS) is 19.9. The van der Waals surface area contributed by atoms with Crippen LogP contribution in [0.3, 0.4) is 0 Å². The van der Waals surface area contributed by atoms with E-state index in [2.05, 4.69) is 27.5 Å². The van der Waals surface area contributed by atoms with Crippen molar-refractivity contribution in [3.63, 3.8) is 0 Å². The third-order valence-corrected chi connectivity index (χ3v) is 5.41. The number of rotatable bonds is 5. The van der Waals surface area contributed by atoms with E-state index in [9.17, 15) is 0 Å². The number of fused-ring (bicyclic) bond motifs is 1. The number of anilines is 2. The average molecular weight is 366 g/mol. The van der Waals surface area contributed by atoms with Crippen molar-refractivity contribution in [1.82, 2.24) is 14.6 Å². The molecule has 1 aliphatic carbocycles. The van der Waals surface area contributed by atoms with E-state index in [4.69, 9.17) is 16.2 Å². The quantitative estimate of drug-likeness (QED) is 0.641. The maximum absolute atomic E-state index is 6.37. The van der Waals surface area contributed by atoms with Crippen LogP contribution in [0.4, 0.5) is 11.5 Å². The van der Waals surface area contributed by atoms with Gasteiger partial charge in [0, 0.05) is 30.5 Å². The molecule has 2 aromatic heterocycles. The van der Waals surface area contributed by atoms with E-state index in [-0.39, 0.29) is 0 Å². The summed E-state index contributed by atoms with van der Waals surface area (Å²) in [4.78, 5) is 4.51. The van der Waals surface area contributed by atoms with Gasteiger partial charge in [0.1, 0.15) is 11.6 Å². The van der Waals surface area contributed by atoms with Gasteiger partial charge in [0.25, 0.3) is 0 Å². The average Bonchev–Trinajstić information content (AvgIpc) is 3.15. The molecule has 1 aliphatic rings. The van der Waals surface area contributed by atoms with Crippen LogP contribution in [0.2, 0.25) is 0 Å². The van der Waals surface area contributed by atoms with E-state index in [1.54, 1.807) is 17.8 Å². The maximum atomic E-state index is 6.37. The number of nitrogens with zero attached hydrogens (tertiary/aromatic N) is 3. The number of hydrogen-bond donors (Lipinski definition) is 3. The number of hydrogen-bond acceptors (Lipinski definition) is 6. The third-order valence-electron chi connectivity index (χ3n) is 5.41. The fourth-order valence-corrected chi connectivity index (χ4v) is 3.90. The summed E-state index contributed by atoms with van der Waals surface area (Å²) in [5.41, 5.74) is 16.5. The molecule has 1 aromatic carbocycles. The minimum absolute atomic E-state index is 0.293. The van der Waals surface area contributed by atoms with Gasteiger partial charge in [-0.15, -0.1) is 5.10 Å². The Morgan fingerprint density at radius 2 is 1.93 bits per heavy atom. The zero-order valence-electron chi connectivity index (χ0n) is 15.6. The maximum Gasteiger partial charge on any atom is 0.177 e. The molecule has 27 heavy (non-hydrogen) atoms. The van der Waals surface area contributed by atoms with Crippen molar-refractivity contribution < 1.29 is 4.74 Å². The fraction of sp³-hybridized carbons (Fsp3) is 0.400. The second kappa shape index (κ2) is 7.44. The van der Waals surface area contributed by atoms with E-state index in [0.29, 0.717) is 24.3 Å². The Morgan fingerprint density at radius 3 is 2.63 bits per heavy atom. The molecule has 4 rings (SSSR count).